The van der Waals surface area contributed by atoms with E-state index in [0.29, 0.717) is 5.92 Å². The highest BCUT2D eigenvalue weighted by Crippen LogP contribution is 2.27. The van der Waals surface area contributed by atoms with Crippen molar-refractivity contribution in [2.75, 3.05) is 24.3 Å². The fourth-order valence-corrected chi connectivity index (χ4v) is 2.26. The average molecular weight is 268 g/mol. The molecule has 0 aliphatic heterocycles. The lowest BCUT2D eigenvalue weighted by molar-refractivity contribution is 0.733. The number of nitrogens with zero attached hydrogens (tertiary/aromatic N) is 1. The summed E-state index contributed by atoms with van der Waals surface area (Å²) in [5.41, 5.74) is 4.96. The molecule has 0 saturated heterocycles. The number of rotatable bonds is 5. The van der Waals surface area contributed by atoms with Gasteiger partial charge in [0, 0.05) is 31.2 Å². The van der Waals surface area contributed by atoms with Crippen LogP contribution in [0.5, 0.6) is 0 Å². The molecule has 106 valence electrons. The number of benzene rings is 2. The molecular formula is C18H24N2. The highest BCUT2D eigenvalue weighted by atomic mass is 15.1. The summed E-state index contributed by atoms with van der Waals surface area (Å²) in [7, 11) is 4.04. The molecule has 0 spiro atoms. The van der Waals surface area contributed by atoms with E-state index in [4.69, 9.17) is 0 Å². The van der Waals surface area contributed by atoms with E-state index in [9.17, 15) is 0 Å². The maximum atomic E-state index is 3.14. The van der Waals surface area contributed by atoms with Gasteiger partial charge in [-0.05, 0) is 54.3 Å². The molecule has 2 rings (SSSR count). The zero-order valence-corrected chi connectivity index (χ0v) is 12.9. The molecular weight excluding hydrogens is 244 g/mol. The molecule has 0 aromatic heterocycles. The van der Waals surface area contributed by atoms with Crippen molar-refractivity contribution < 1.29 is 0 Å². The zero-order valence-electron chi connectivity index (χ0n) is 12.9. The smallest absolute Gasteiger partial charge is 0.0409 e. The molecule has 2 aromatic rings. The van der Waals surface area contributed by atoms with Gasteiger partial charge in [-0.25, -0.2) is 0 Å². The number of hydrogen-bond donors (Lipinski definition) is 1. The van der Waals surface area contributed by atoms with E-state index in [1.165, 1.54) is 23.4 Å². The lowest BCUT2D eigenvalue weighted by Crippen LogP contribution is -2.09. The van der Waals surface area contributed by atoms with Gasteiger partial charge >= 0.3 is 0 Å². The first-order valence-electron chi connectivity index (χ1n) is 7.27. The maximum absolute atomic E-state index is 3.14. The highest BCUT2D eigenvalue weighted by Gasteiger charge is 2.06. The number of anilines is 3. The van der Waals surface area contributed by atoms with Gasteiger partial charge in [0.25, 0.3) is 0 Å². The van der Waals surface area contributed by atoms with E-state index >= 15 is 0 Å². The molecule has 2 nitrogen and oxygen atoms in total. The fraction of sp³-hybridized carbons (Fsp3) is 0.333. The minimum atomic E-state index is 0.629. The van der Waals surface area contributed by atoms with Crippen LogP contribution in [0.1, 0.15) is 31.7 Å². The van der Waals surface area contributed by atoms with Crippen LogP contribution in [0.15, 0.2) is 48.5 Å². The van der Waals surface area contributed by atoms with E-state index in [0.717, 1.165) is 5.69 Å². The number of hydrogen-bond acceptors (Lipinski definition) is 2. The molecule has 0 bridgehead atoms. The minimum absolute atomic E-state index is 0.629. The predicted molar refractivity (Wildman–Crippen MR) is 89.2 cm³/mol. The quantitative estimate of drug-likeness (QED) is 0.820. The Labute approximate surface area is 122 Å². The Kier molecular flexibility index (Phi) is 4.67. The molecule has 0 aliphatic rings. The first-order valence-corrected chi connectivity index (χ1v) is 7.27. The molecule has 1 N–H and O–H groups in total. The molecule has 0 fully saturated rings. The third kappa shape index (κ3) is 3.13. The summed E-state index contributed by atoms with van der Waals surface area (Å²) >= 11 is 0. The van der Waals surface area contributed by atoms with Crippen LogP contribution >= 0.6 is 0 Å². The summed E-state index contributed by atoms with van der Waals surface area (Å²) in [6.45, 7) is 4.50. The predicted octanol–water partition coefficient (Wildman–Crippen LogP) is 5.01. The second kappa shape index (κ2) is 6.47. The SMILES string of the molecule is CCC(C)c1ccc(N(C)c2ccc(NC)cc2)cc1. The maximum Gasteiger partial charge on any atom is 0.0409 e. The zero-order chi connectivity index (χ0) is 14.5. The lowest BCUT2D eigenvalue weighted by Gasteiger charge is -2.21. The highest BCUT2D eigenvalue weighted by molar-refractivity contribution is 5.65. The molecule has 1 unspecified atom stereocenters. The standard InChI is InChI=1S/C18H24N2/c1-5-14(2)15-6-10-17(11-7-15)20(4)18-12-8-16(19-3)9-13-18/h6-14,19H,5H2,1-4H3. The molecule has 20 heavy (non-hydrogen) atoms. The van der Waals surface area contributed by atoms with Crippen molar-refractivity contribution in [3.63, 3.8) is 0 Å². The fourth-order valence-electron chi connectivity index (χ4n) is 2.26. The van der Waals surface area contributed by atoms with Gasteiger partial charge in [0.15, 0.2) is 0 Å². The van der Waals surface area contributed by atoms with Crippen molar-refractivity contribution in [2.24, 2.45) is 0 Å². The summed E-state index contributed by atoms with van der Waals surface area (Å²) < 4.78 is 0. The normalized spacial score (nSPS) is 12.0. The lowest BCUT2D eigenvalue weighted by atomic mass is 9.98. The van der Waals surface area contributed by atoms with Crippen molar-refractivity contribution in [1.29, 1.82) is 0 Å². The van der Waals surface area contributed by atoms with Gasteiger partial charge in [0.2, 0.25) is 0 Å². The van der Waals surface area contributed by atoms with E-state index in [2.05, 4.69) is 79.6 Å². The minimum Gasteiger partial charge on any atom is -0.388 e. The Morgan fingerprint density at radius 3 is 1.90 bits per heavy atom. The Hall–Kier alpha value is -1.96. The first-order chi connectivity index (χ1) is 9.65. The molecule has 2 heteroatoms. The Morgan fingerprint density at radius 2 is 1.45 bits per heavy atom. The molecule has 0 heterocycles. The first kappa shape index (κ1) is 14.4. The summed E-state index contributed by atoms with van der Waals surface area (Å²) in [5.74, 6) is 0.629. The second-order valence-electron chi connectivity index (χ2n) is 5.26. The van der Waals surface area contributed by atoms with Crippen molar-refractivity contribution in [3.8, 4) is 0 Å². The molecule has 0 radical (unpaired) electrons. The van der Waals surface area contributed by atoms with E-state index in [-0.39, 0.29) is 0 Å². The molecule has 2 aromatic carbocycles. The van der Waals surface area contributed by atoms with Gasteiger partial charge < -0.3 is 10.2 Å². The average Bonchev–Trinajstić information content (AvgIpc) is 2.53. The van der Waals surface area contributed by atoms with Crippen LogP contribution in [0.3, 0.4) is 0 Å². The Morgan fingerprint density at radius 1 is 0.950 bits per heavy atom. The third-order valence-electron chi connectivity index (χ3n) is 4.01. The van der Waals surface area contributed by atoms with E-state index in [1.807, 2.05) is 7.05 Å². The molecule has 0 saturated carbocycles. The van der Waals surface area contributed by atoms with Crippen LogP contribution < -0.4 is 10.2 Å². The van der Waals surface area contributed by atoms with Crippen molar-refractivity contribution >= 4 is 17.1 Å². The summed E-state index contributed by atoms with van der Waals surface area (Å²) in [4.78, 5) is 2.21. The van der Waals surface area contributed by atoms with Crippen LogP contribution in [0.25, 0.3) is 0 Å². The van der Waals surface area contributed by atoms with Crippen LogP contribution in [-0.2, 0) is 0 Å². The Bertz CT molecular complexity index is 528. The molecule has 0 aliphatic carbocycles. The Balaban J connectivity index is 2.17. The van der Waals surface area contributed by atoms with Gasteiger partial charge in [0.05, 0.1) is 0 Å². The molecule has 1 atom stereocenters. The molecule has 0 amide bonds. The van der Waals surface area contributed by atoms with E-state index in [1.54, 1.807) is 0 Å². The van der Waals surface area contributed by atoms with Crippen LogP contribution in [-0.4, -0.2) is 14.1 Å². The third-order valence-corrected chi connectivity index (χ3v) is 4.01. The van der Waals surface area contributed by atoms with Crippen LogP contribution in [0.4, 0.5) is 17.1 Å². The summed E-state index contributed by atoms with van der Waals surface area (Å²) in [5, 5.41) is 3.14. The van der Waals surface area contributed by atoms with Crippen molar-refractivity contribution in [1.82, 2.24) is 0 Å². The second-order valence-corrected chi connectivity index (χ2v) is 5.26. The number of nitrogens with one attached hydrogen (secondary N) is 1. The van der Waals surface area contributed by atoms with Gasteiger partial charge in [0.1, 0.15) is 0 Å². The monoisotopic (exact) mass is 268 g/mol. The summed E-state index contributed by atoms with van der Waals surface area (Å²) in [6, 6.07) is 17.3. The van der Waals surface area contributed by atoms with Crippen LogP contribution in [0, 0.1) is 0 Å². The van der Waals surface area contributed by atoms with Crippen LogP contribution in [0.2, 0.25) is 0 Å². The largest absolute Gasteiger partial charge is 0.388 e. The van der Waals surface area contributed by atoms with E-state index < -0.39 is 0 Å². The van der Waals surface area contributed by atoms with Crippen molar-refractivity contribution in [2.45, 2.75) is 26.2 Å². The van der Waals surface area contributed by atoms with Gasteiger partial charge in [-0.1, -0.05) is 26.0 Å². The summed E-state index contributed by atoms with van der Waals surface area (Å²) in [6.07, 6.45) is 1.18. The van der Waals surface area contributed by atoms with Crippen molar-refractivity contribution in [3.05, 3.63) is 54.1 Å². The topological polar surface area (TPSA) is 15.3 Å². The van der Waals surface area contributed by atoms with Gasteiger partial charge in [-0.2, -0.15) is 0 Å². The van der Waals surface area contributed by atoms with Gasteiger partial charge in [-0.15, -0.1) is 0 Å². The van der Waals surface area contributed by atoms with Gasteiger partial charge in [-0.3, -0.25) is 0 Å².